The van der Waals surface area contributed by atoms with Gasteiger partial charge in [0, 0.05) is 17.7 Å². The number of anilines is 1. The van der Waals surface area contributed by atoms with Crippen LogP contribution in [0.2, 0.25) is 0 Å². The minimum Gasteiger partial charge on any atom is -0.459 e. The number of nitrogens with one attached hydrogen (secondary N) is 2. The molecule has 0 bridgehead atoms. The van der Waals surface area contributed by atoms with E-state index >= 15 is 0 Å². The molecule has 0 aliphatic carbocycles. The Balaban J connectivity index is 1.68. The van der Waals surface area contributed by atoms with Crippen LogP contribution in [-0.2, 0) is 0 Å². The van der Waals surface area contributed by atoms with Crippen molar-refractivity contribution in [3.63, 3.8) is 0 Å². The normalized spacial score (nSPS) is 17.8. The summed E-state index contributed by atoms with van der Waals surface area (Å²) in [6.45, 7) is 7.44. The summed E-state index contributed by atoms with van der Waals surface area (Å²) in [5.41, 5.74) is 1.84. The van der Waals surface area contributed by atoms with Crippen LogP contribution in [0.4, 0.5) is 19.1 Å². The lowest BCUT2D eigenvalue weighted by atomic mass is 10.1. The molecule has 1 aliphatic rings. The van der Waals surface area contributed by atoms with Crippen molar-refractivity contribution in [3.8, 4) is 11.8 Å². The molecule has 2 aromatic heterocycles. The first-order chi connectivity index (χ1) is 15.7. The average molecular weight is 464 g/mol. The molecule has 1 fully saturated rings. The second-order valence-corrected chi connectivity index (χ2v) is 8.36. The molecule has 0 saturated carbocycles. The van der Waals surface area contributed by atoms with Gasteiger partial charge < -0.3 is 20.1 Å². The van der Waals surface area contributed by atoms with Gasteiger partial charge in [0.2, 0.25) is 5.95 Å². The molecule has 4 rings (SSSR count). The predicted molar refractivity (Wildman–Crippen MR) is 117 cm³/mol. The topological polar surface area (TPSA) is 85.6 Å². The Hall–Kier alpha value is -3.08. The monoisotopic (exact) mass is 464 g/mol. The molecular weight excluding hydrogens is 437 g/mol. The van der Waals surface area contributed by atoms with Crippen molar-refractivity contribution in [2.24, 2.45) is 0 Å². The smallest absolute Gasteiger partial charge is 0.459 e. The molecular formula is C22H27F3N6O2. The van der Waals surface area contributed by atoms with Crippen LogP contribution in [0.1, 0.15) is 56.7 Å². The number of nitrogens with zero attached hydrogens (tertiary/aromatic N) is 4. The average Bonchev–Trinajstić information content (AvgIpc) is 3.18. The summed E-state index contributed by atoms with van der Waals surface area (Å²) >= 11 is 0. The minimum atomic E-state index is -4.79. The number of para-hydroxylation sites is 1. The number of rotatable bonds is 7. The zero-order valence-electron chi connectivity index (χ0n) is 18.7. The quantitative estimate of drug-likeness (QED) is 0.534. The Morgan fingerprint density at radius 3 is 2.64 bits per heavy atom. The van der Waals surface area contributed by atoms with Gasteiger partial charge in [-0.3, -0.25) is 0 Å². The molecule has 178 valence electrons. The fraction of sp³-hybridized carbons (Fsp3) is 0.500. The van der Waals surface area contributed by atoms with E-state index in [9.17, 15) is 13.2 Å². The summed E-state index contributed by atoms with van der Waals surface area (Å²) in [5.74, 6) is 0.205. The Labute approximate surface area is 189 Å². The van der Waals surface area contributed by atoms with Gasteiger partial charge in [-0.2, -0.15) is 19.6 Å². The molecule has 11 heteroatoms. The van der Waals surface area contributed by atoms with Gasteiger partial charge in [-0.05, 0) is 38.3 Å². The highest BCUT2D eigenvalue weighted by atomic mass is 19.4. The maximum Gasteiger partial charge on any atom is 0.573 e. The summed E-state index contributed by atoms with van der Waals surface area (Å²) in [6, 6.07) is 5.64. The Kier molecular flexibility index (Phi) is 6.59. The molecule has 8 nitrogen and oxygen atoms in total. The maximum atomic E-state index is 12.9. The third kappa shape index (κ3) is 5.47. The number of hydrogen-bond acceptors (Lipinski definition) is 7. The largest absolute Gasteiger partial charge is 0.573 e. The molecule has 3 heterocycles. The number of aromatic nitrogens is 4. The zero-order valence-corrected chi connectivity index (χ0v) is 18.7. The molecule has 1 aliphatic heterocycles. The molecule has 3 aromatic rings. The second kappa shape index (κ2) is 9.42. The van der Waals surface area contributed by atoms with Gasteiger partial charge in [-0.1, -0.05) is 32.0 Å². The summed E-state index contributed by atoms with van der Waals surface area (Å²) < 4.78 is 50.4. The third-order valence-electron chi connectivity index (χ3n) is 5.48. The van der Waals surface area contributed by atoms with Crippen molar-refractivity contribution in [1.82, 2.24) is 24.9 Å². The molecule has 1 aromatic carbocycles. The Bertz CT molecular complexity index is 1100. The minimum absolute atomic E-state index is 0.0576. The van der Waals surface area contributed by atoms with Crippen molar-refractivity contribution in [3.05, 3.63) is 41.6 Å². The van der Waals surface area contributed by atoms with Gasteiger partial charge in [0.25, 0.3) is 0 Å². The van der Waals surface area contributed by atoms with Crippen LogP contribution in [-0.4, -0.2) is 45.1 Å². The van der Waals surface area contributed by atoms with Gasteiger partial charge in [0.05, 0.1) is 12.2 Å². The van der Waals surface area contributed by atoms with Crippen molar-refractivity contribution < 1.29 is 22.6 Å². The van der Waals surface area contributed by atoms with Crippen LogP contribution in [0.25, 0.3) is 5.65 Å². The summed E-state index contributed by atoms with van der Waals surface area (Å²) in [6.07, 6.45) is -1.25. The van der Waals surface area contributed by atoms with Gasteiger partial charge in [0.15, 0.2) is 5.65 Å². The number of alkyl halides is 3. The highest BCUT2D eigenvalue weighted by Gasteiger charge is 2.32. The van der Waals surface area contributed by atoms with Crippen LogP contribution >= 0.6 is 0 Å². The lowest BCUT2D eigenvalue weighted by Crippen LogP contribution is -2.37. The summed E-state index contributed by atoms with van der Waals surface area (Å²) in [7, 11) is 0. The van der Waals surface area contributed by atoms with E-state index in [0.29, 0.717) is 23.7 Å². The fourth-order valence-electron chi connectivity index (χ4n) is 3.83. The summed E-state index contributed by atoms with van der Waals surface area (Å²) in [4.78, 5) is 9.09. The van der Waals surface area contributed by atoms with Gasteiger partial charge >= 0.3 is 12.4 Å². The number of halogens is 3. The number of piperidine rings is 1. The van der Waals surface area contributed by atoms with Crippen molar-refractivity contribution >= 4 is 11.6 Å². The zero-order chi connectivity index (χ0) is 23.6. The Morgan fingerprint density at radius 1 is 1.15 bits per heavy atom. The van der Waals surface area contributed by atoms with E-state index in [0.717, 1.165) is 24.9 Å². The lowest BCUT2D eigenvalue weighted by Gasteiger charge is -2.23. The van der Waals surface area contributed by atoms with Crippen molar-refractivity contribution in [1.29, 1.82) is 0 Å². The lowest BCUT2D eigenvalue weighted by molar-refractivity contribution is -0.274. The van der Waals surface area contributed by atoms with Crippen molar-refractivity contribution in [2.45, 2.75) is 58.0 Å². The number of benzene rings is 1. The van der Waals surface area contributed by atoms with Crippen LogP contribution in [0.5, 0.6) is 11.8 Å². The highest BCUT2D eigenvalue weighted by Crippen LogP contribution is 2.32. The van der Waals surface area contributed by atoms with E-state index in [2.05, 4.69) is 30.4 Å². The SMILES string of the molecule is CC(C)c1cnn2c(NC(C)c3ccccc3OC(F)(F)F)nc(OC3CCCNC3)nc12. The van der Waals surface area contributed by atoms with Crippen LogP contribution < -0.4 is 20.1 Å². The van der Waals surface area contributed by atoms with Crippen LogP contribution in [0.15, 0.2) is 30.5 Å². The Morgan fingerprint density at radius 2 is 1.94 bits per heavy atom. The summed E-state index contributed by atoms with van der Waals surface area (Å²) in [5, 5.41) is 10.9. The molecule has 0 amide bonds. The van der Waals surface area contributed by atoms with Crippen LogP contribution in [0, 0.1) is 0 Å². The molecule has 33 heavy (non-hydrogen) atoms. The van der Waals surface area contributed by atoms with Gasteiger partial charge in [-0.25, -0.2) is 0 Å². The number of fused-ring (bicyclic) bond motifs is 1. The van der Waals surface area contributed by atoms with Gasteiger partial charge in [-0.15, -0.1) is 13.2 Å². The maximum absolute atomic E-state index is 12.9. The third-order valence-corrected chi connectivity index (χ3v) is 5.48. The first kappa shape index (κ1) is 23.1. The van der Waals surface area contributed by atoms with Crippen LogP contribution in [0.3, 0.4) is 0 Å². The second-order valence-electron chi connectivity index (χ2n) is 8.36. The first-order valence-corrected chi connectivity index (χ1v) is 11.0. The highest BCUT2D eigenvalue weighted by molar-refractivity contribution is 5.53. The molecule has 1 saturated heterocycles. The molecule has 2 unspecified atom stereocenters. The molecule has 2 atom stereocenters. The van der Waals surface area contributed by atoms with E-state index in [1.54, 1.807) is 29.8 Å². The molecule has 0 spiro atoms. The first-order valence-electron chi connectivity index (χ1n) is 11.0. The van der Waals surface area contributed by atoms with E-state index in [1.165, 1.54) is 12.1 Å². The molecule has 0 radical (unpaired) electrons. The van der Waals surface area contributed by atoms with E-state index < -0.39 is 12.4 Å². The van der Waals surface area contributed by atoms with E-state index in [4.69, 9.17) is 4.74 Å². The molecule has 2 N–H and O–H groups in total. The van der Waals surface area contributed by atoms with Crippen molar-refractivity contribution in [2.75, 3.05) is 18.4 Å². The number of hydrogen-bond donors (Lipinski definition) is 2. The van der Waals surface area contributed by atoms with E-state index in [-0.39, 0.29) is 23.8 Å². The fourth-order valence-corrected chi connectivity index (χ4v) is 3.83. The van der Waals surface area contributed by atoms with E-state index in [1.807, 2.05) is 13.8 Å². The van der Waals surface area contributed by atoms with Gasteiger partial charge in [0.1, 0.15) is 11.9 Å². The number of ether oxygens (including phenoxy) is 2. The predicted octanol–water partition coefficient (Wildman–Crippen LogP) is 4.45. The standard InChI is InChI=1S/C22H27F3N6O2/c1-13(2)17-12-27-31-19(17)29-21(32-15-7-6-10-26-11-15)30-20(31)28-14(3)16-8-4-5-9-18(16)33-22(23,24)25/h4-5,8-9,12-15,26H,6-7,10-11H2,1-3H3,(H,28,29,30).